The first-order valence-corrected chi connectivity index (χ1v) is 10.0. The van der Waals surface area contributed by atoms with Gasteiger partial charge in [0.1, 0.15) is 12.1 Å². The van der Waals surface area contributed by atoms with E-state index < -0.39 is 0 Å². The fourth-order valence-corrected chi connectivity index (χ4v) is 3.48. The molecule has 0 aliphatic heterocycles. The number of methoxy groups -OCH3 is 1. The Labute approximate surface area is 180 Å². The summed E-state index contributed by atoms with van der Waals surface area (Å²) in [5.74, 6) is 0.499. The second kappa shape index (κ2) is 8.87. The molecule has 0 amide bonds. The third-order valence-corrected chi connectivity index (χ3v) is 5.20. The van der Waals surface area contributed by atoms with Gasteiger partial charge >= 0.3 is 5.97 Å². The minimum absolute atomic E-state index is 0.128. The average molecular weight is 413 g/mol. The van der Waals surface area contributed by atoms with Crippen LogP contribution in [0, 0.1) is 6.92 Å². The van der Waals surface area contributed by atoms with Gasteiger partial charge in [-0.3, -0.25) is 9.97 Å². The molecule has 4 aromatic rings. The molecule has 0 saturated heterocycles. The summed E-state index contributed by atoms with van der Waals surface area (Å²) in [5.41, 5.74) is 5.08. The lowest BCUT2D eigenvalue weighted by Crippen LogP contribution is -2.12. The summed E-state index contributed by atoms with van der Waals surface area (Å²) >= 11 is 0. The Morgan fingerprint density at radius 1 is 1.10 bits per heavy atom. The lowest BCUT2D eigenvalue weighted by molar-refractivity contribution is 0.0603. The molecular formula is C24H23N5O2. The lowest BCUT2D eigenvalue weighted by atomic mass is 9.96. The number of aryl methyl sites for hydroxylation is 1. The van der Waals surface area contributed by atoms with Crippen LogP contribution in [-0.4, -0.2) is 39.6 Å². The number of esters is 1. The van der Waals surface area contributed by atoms with Crippen LogP contribution in [0.1, 0.15) is 34.5 Å². The van der Waals surface area contributed by atoms with Crippen LogP contribution in [0.25, 0.3) is 22.2 Å². The lowest BCUT2D eigenvalue weighted by Gasteiger charge is -2.16. The van der Waals surface area contributed by atoms with Crippen LogP contribution in [0.2, 0.25) is 0 Å². The van der Waals surface area contributed by atoms with Crippen LogP contribution in [0.15, 0.2) is 61.2 Å². The van der Waals surface area contributed by atoms with Gasteiger partial charge in [-0.15, -0.1) is 0 Å². The number of carbonyl (C=O) groups excluding carboxylic acids is 1. The molecule has 7 nitrogen and oxygen atoms in total. The van der Waals surface area contributed by atoms with Crippen LogP contribution >= 0.6 is 0 Å². The molecule has 1 N–H and O–H groups in total. The highest BCUT2D eigenvalue weighted by molar-refractivity contribution is 6.04. The highest BCUT2D eigenvalue weighted by atomic mass is 16.5. The zero-order valence-electron chi connectivity index (χ0n) is 17.7. The summed E-state index contributed by atoms with van der Waals surface area (Å²) in [5, 5.41) is 4.17. The Hall–Kier alpha value is -3.87. The van der Waals surface area contributed by atoms with E-state index in [0.29, 0.717) is 12.1 Å². The number of ether oxygens (including phenoxy) is 1. The van der Waals surface area contributed by atoms with Crippen LogP contribution < -0.4 is 5.32 Å². The summed E-state index contributed by atoms with van der Waals surface area (Å²) < 4.78 is 4.91. The summed E-state index contributed by atoms with van der Waals surface area (Å²) in [4.78, 5) is 29.7. The first-order chi connectivity index (χ1) is 15.1. The van der Waals surface area contributed by atoms with Crippen molar-refractivity contribution < 1.29 is 9.53 Å². The molecule has 0 spiro atoms. The highest BCUT2D eigenvalue weighted by Crippen LogP contribution is 2.27. The van der Waals surface area contributed by atoms with E-state index in [1.165, 1.54) is 7.11 Å². The maximum Gasteiger partial charge on any atom is 0.338 e. The van der Waals surface area contributed by atoms with Crippen molar-refractivity contribution in [2.75, 3.05) is 19.0 Å². The number of benzene rings is 1. The van der Waals surface area contributed by atoms with E-state index in [-0.39, 0.29) is 11.9 Å². The second-order valence-electron chi connectivity index (χ2n) is 7.35. The van der Waals surface area contributed by atoms with Crippen molar-refractivity contribution in [3.05, 3.63) is 78.0 Å². The molecule has 1 atom stereocenters. The monoisotopic (exact) mass is 413 g/mol. The van der Waals surface area contributed by atoms with Crippen molar-refractivity contribution in [2.45, 2.75) is 19.8 Å². The van der Waals surface area contributed by atoms with E-state index in [2.05, 4.69) is 32.2 Å². The van der Waals surface area contributed by atoms with Gasteiger partial charge in [0.15, 0.2) is 0 Å². The minimum atomic E-state index is -0.366. The number of rotatable bonds is 6. The molecule has 31 heavy (non-hydrogen) atoms. The highest BCUT2D eigenvalue weighted by Gasteiger charge is 2.16. The van der Waals surface area contributed by atoms with Crippen molar-refractivity contribution in [1.82, 2.24) is 19.9 Å². The molecule has 156 valence electrons. The maximum absolute atomic E-state index is 12.1. The normalized spacial score (nSPS) is 11.8. The first-order valence-electron chi connectivity index (χ1n) is 10.0. The van der Waals surface area contributed by atoms with Crippen LogP contribution in [0.3, 0.4) is 0 Å². The van der Waals surface area contributed by atoms with Crippen molar-refractivity contribution in [1.29, 1.82) is 0 Å². The van der Waals surface area contributed by atoms with E-state index in [1.54, 1.807) is 18.6 Å². The second-order valence-corrected chi connectivity index (χ2v) is 7.35. The molecule has 3 heterocycles. The van der Waals surface area contributed by atoms with E-state index in [1.807, 2.05) is 49.5 Å². The average Bonchev–Trinajstić information content (AvgIpc) is 2.82. The molecular weight excluding hydrogens is 390 g/mol. The van der Waals surface area contributed by atoms with Crippen LogP contribution in [0.5, 0.6) is 0 Å². The Balaban J connectivity index is 1.55. The molecule has 0 aliphatic carbocycles. The predicted octanol–water partition coefficient (Wildman–Crippen LogP) is 4.40. The minimum Gasteiger partial charge on any atom is -0.465 e. The van der Waals surface area contributed by atoms with E-state index >= 15 is 0 Å². The predicted molar refractivity (Wildman–Crippen MR) is 120 cm³/mol. The van der Waals surface area contributed by atoms with Gasteiger partial charge in [0.25, 0.3) is 0 Å². The first kappa shape index (κ1) is 20.4. The van der Waals surface area contributed by atoms with Gasteiger partial charge in [0, 0.05) is 47.6 Å². The molecule has 3 aromatic heterocycles. The summed E-state index contributed by atoms with van der Waals surface area (Å²) in [6, 6.07) is 13.4. The molecule has 1 aromatic carbocycles. The summed E-state index contributed by atoms with van der Waals surface area (Å²) in [6.45, 7) is 4.71. The number of nitrogens with one attached hydrogen (secondary N) is 1. The number of para-hydroxylation sites is 1. The van der Waals surface area contributed by atoms with Gasteiger partial charge < -0.3 is 10.1 Å². The molecule has 0 aliphatic rings. The molecule has 0 fully saturated rings. The molecule has 0 radical (unpaired) electrons. The van der Waals surface area contributed by atoms with Gasteiger partial charge in [-0.2, -0.15) is 0 Å². The number of hydrogen-bond acceptors (Lipinski definition) is 7. The fraction of sp³-hybridized carbons (Fsp3) is 0.208. The molecule has 0 saturated carbocycles. The largest absolute Gasteiger partial charge is 0.465 e. The number of fused-ring (bicyclic) bond motifs is 1. The Kier molecular flexibility index (Phi) is 5.84. The van der Waals surface area contributed by atoms with Gasteiger partial charge in [-0.25, -0.2) is 14.8 Å². The van der Waals surface area contributed by atoms with Crippen LogP contribution in [0.4, 0.5) is 5.82 Å². The Bertz CT molecular complexity index is 1220. The van der Waals surface area contributed by atoms with Crippen molar-refractivity contribution in [3.8, 4) is 11.3 Å². The van der Waals surface area contributed by atoms with Gasteiger partial charge in [-0.05, 0) is 30.7 Å². The van der Waals surface area contributed by atoms with Crippen molar-refractivity contribution in [3.63, 3.8) is 0 Å². The number of nitrogens with zero attached hydrogens (tertiary/aromatic N) is 4. The van der Waals surface area contributed by atoms with Crippen molar-refractivity contribution >= 4 is 22.7 Å². The number of carbonyl (C=O) groups is 1. The number of pyridine rings is 2. The molecule has 7 heteroatoms. The van der Waals surface area contributed by atoms with Gasteiger partial charge in [0.2, 0.25) is 0 Å². The van der Waals surface area contributed by atoms with E-state index in [0.717, 1.165) is 39.2 Å². The third kappa shape index (κ3) is 4.35. The maximum atomic E-state index is 12.1. The zero-order chi connectivity index (χ0) is 21.8. The van der Waals surface area contributed by atoms with Crippen LogP contribution in [-0.2, 0) is 4.74 Å². The number of aromatic nitrogens is 4. The standard InChI is InChI=1S/C24H23N5O2/c1-15(18-5-4-6-19-20(24(30)31-3)9-10-25-23(18)19)12-27-22-11-21(28-14-29-22)17-8-7-16(2)26-13-17/h4-11,13-15H,12H2,1-3H3,(H,27,28,29). The molecule has 0 bridgehead atoms. The van der Waals surface area contributed by atoms with E-state index in [4.69, 9.17) is 4.74 Å². The summed E-state index contributed by atoms with van der Waals surface area (Å²) in [6.07, 6.45) is 5.00. The summed E-state index contributed by atoms with van der Waals surface area (Å²) in [7, 11) is 1.38. The SMILES string of the molecule is COC(=O)c1ccnc2c(C(C)CNc3cc(-c4ccc(C)nc4)ncn3)cccc12. The fourth-order valence-electron chi connectivity index (χ4n) is 3.48. The number of anilines is 1. The van der Waals surface area contributed by atoms with Gasteiger partial charge in [-0.1, -0.05) is 25.1 Å². The van der Waals surface area contributed by atoms with E-state index in [9.17, 15) is 4.79 Å². The number of hydrogen-bond donors (Lipinski definition) is 1. The third-order valence-electron chi connectivity index (χ3n) is 5.20. The Morgan fingerprint density at radius 3 is 2.74 bits per heavy atom. The molecule has 1 unspecified atom stereocenters. The topological polar surface area (TPSA) is 89.9 Å². The Morgan fingerprint density at radius 2 is 1.97 bits per heavy atom. The molecule has 4 rings (SSSR count). The zero-order valence-corrected chi connectivity index (χ0v) is 17.7. The van der Waals surface area contributed by atoms with Gasteiger partial charge in [0.05, 0.1) is 23.9 Å². The van der Waals surface area contributed by atoms with Crippen molar-refractivity contribution in [2.24, 2.45) is 0 Å². The smallest absolute Gasteiger partial charge is 0.338 e. The quantitative estimate of drug-likeness (QED) is 0.469.